The molecule has 0 radical (unpaired) electrons. The molecule has 0 amide bonds. The normalized spacial score (nSPS) is 17.5. The van der Waals surface area contributed by atoms with Gasteiger partial charge in [0, 0.05) is 19.6 Å². The second kappa shape index (κ2) is 15.8. The van der Waals surface area contributed by atoms with E-state index in [9.17, 15) is 5.11 Å². The summed E-state index contributed by atoms with van der Waals surface area (Å²) in [6.45, 7) is 9.87. The zero-order valence-electron chi connectivity index (χ0n) is 23.4. The van der Waals surface area contributed by atoms with Gasteiger partial charge in [0.1, 0.15) is 18.1 Å². The molecule has 1 saturated carbocycles. The summed E-state index contributed by atoms with van der Waals surface area (Å²) in [4.78, 5) is 0. The van der Waals surface area contributed by atoms with Crippen molar-refractivity contribution in [2.24, 2.45) is 5.92 Å². The zero-order valence-corrected chi connectivity index (χ0v) is 23.4. The first kappa shape index (κ1) is 29.3. The van der Waals surface area contributed by atoms with E-state index in [0.29, 0.717) is 32.2 Å². The van der Waals surface area contributed by atoms with E-state index in [4.69, 9.17) is 14.2 Å². The number of aliphatic hydroxyl groups is 1. The molecule has 37 heavy (non-hydrogen) atoms. The van der Waals surface area contributed by atoms with Crippen LogP contribution in [0.5, 0.6) is 11.5 Å². The highest BCUT2D eigenvalue weighted by Crippen LogP contribution is 2.40. The van der Waals surface area contributed by atoms with Gasteiger partial charge in [-0.25, -0.2) is 0 Å². The minimum atomic E-state index is -0.0124. The average molecular weight is 509 g/mol. The van der Waals surface area contributed by atoms with Gasteiger partial charge in [-0.1, -0.05) is 64.3 Å². The Bertz CT molecular complexity index is 959. The Balaban J connectivity index is 1.76. The van der Waals surface area contributed by atoms with E-state index >= 15 is 0 Å². The monoisotopic (exact) mass is 508 g/mol. The molecule has 1 N–H and O–H groups in total. The fourth-order valence-corrected chi connectivity index (χ4v) is 5.44. The summed E-state index contributed by atoms with van der Waals surface area (Å²) < 4.78 is 17.2. The van der Waals surface area contributed by atoms with Crippen molar-refractivity contribution in [2.45, 2.75) is 84.0 Å². The third kappa shape index (κ3) is 9.19. The van der Waals surface area contributed by atoms with E-state index in [1.807, 2.05) is 6.07 Å². The van der Waals surface area contributed by atoms with Crippen LogP contribution in [0.15, 0.2) is 48.6 Å². The van der Waals surface area contributed by atoms with E-state index in [1.54, 1.807) is 7.11 Å². The number of rotatable bonds is 16. The molecule has 0 spiro atoms. The molecule has 204 valence electrons. The van der Waals surface area contributed by atoms with Gasteiger partial charge in [-0.05, 0) is 83.9 Å². The molecule has 0 atom stereocenters. The van der Waals surface area contributed by atoms with Gasteiger partial charge in [-0.2, -0.15) is 0 Å². The summed E-state index contributed by atoms with van der Waals surface area (Å²) in [5.74, 6) is 3.16. The first-order valence-electron chi connectivity index (χ1n) is 14.4. The molecule has 2 aromatic rings. The fraction of sp³-hybridized carbons (Fsp3) is 0.576. The molecule has 0 aliphatic heterocycles. The number of benzene rings is 2. The van der Waals surface area contributed by atoms with Crippen LogP contribution in [0.25, 0.3) is 11.1 Å². The van der Waals surface area contributed by atoms with Crippen molar-refractivity contribution < 1.29 is 19.3 Å². The minimum Gasteiger partial charge on any atom is -0.493 e. The van der Waals surface area contributed by atoms with E-state index in [2.05, 4.69) is 50.8 Å². The van der Waals surface area contributed by atoms with Crippen LogP contribution in [0.4, 0.5) is 0 Å². The lowest BCUT2D eigenvalue weighted by atomic mass is 9.76. The number of aryl methyl sites for hydroxylation is 1. The molecule has 3 rings (SSSR count). The average Bonchev–Trinajstić information content (AvgIpc) is 2.93. The highest BCUT2D eigenvalue weighted by atomic mass is 16.5. The second-order valence-corrected chi connectivity index (χ2v) is 10.5. The van der Waals surface area contributed by atoms with Crippen LogP contribution < -0.4 is 9.47 Å². The summed E-state index contributed by atoms with van der Waals surface area (Å²) in [6.07, 6.45) is 12.5. The molecule has 1 fully saturated rings. The first-order valence-corrected chi connectivity index (χ1v) is 14.4. The van der Waals surface area contributed by atoms with Gasteiger partial charge in [-0.15, -0.1) is 0 Å². The molecule has 0 aromatic heterocycles. The van der Waals surface area contributed by atoms with Crippen LogP contribution in [-0.4, -0.2) is 38.6 Å². The number of hydrogen-bond donors (Lipinski definition) is 1. The predicted molar refractivity (Wildman–Crippen MR) is 154 cm³/mol. The highest BCUT2D eigenvalue weighted by Gasteiger charge is 2.23. The van der Waals surface area contributed by atoms with E-state index in [-0.39, 0.29) is 6.61 Å². The molecule has 1 aliphatic rings. The number of aliphatic hydroxyl groups excluding tert-OH is 1. The van der Waals surface area contributed by atoms with Crippen molar-refractivity contribution in [3.63, 3.8) is 0 Å². The lowest BCUT2D eigenvalue weighted by Gasteiger charge is -2.29. The summed E-state index contributed by atoms with van der Waals surface area (Å²) in [7, 11) is 1.68. The Morgan fingerprint density at radius 3 is 2.30 bits per heavy atom. The number of hydrogen-bond acceptors (Lipinski definition) is 4. The van der Waals surface area contributed by atoms with Crippen molar-refractivity contribution in [3.8, 4) is 22.6 Å². The Labute approximate surface area is 225 Å². The summed E-state index contributed by atoms with van der Waals surface area (Å²) >= 11 is 0. The molecule has 0 unspecified atom stereocenters. The van der Waals surface area contributed by atoms with Gasteiger partial charge >= 0.3 is 0 Å². The van der Waals surface area contributed by atoms with Gasteiger partial charge in [0.15, 0.2) is 0 Å². The fourth-order valence-electron chi connectivity index (χ4n) is 5.44. The van der Waals surface area contributed by atoms with Gasteiger partial charge in [0.2, 0.25) is 0 Å². The Hall–Kier alpha value is -2.30. The van der Waals surface area contributed by atoms with Crippen molar-refractivity contribution >= 4 is 0 Å². The van der Waals surface area contributed by atoms with Crippen LogP contribution in [0.2, 0.25) is 0 Å². The maximum absolute atomic E-state index is 9.23. The number of unbranched alkanes of at least 4 members (excludes halogenated alkanes) is 2. The van der Waals surface area contributed by atoms with E-state index < -0.39 is 0 Å². The van der Waals surface area contributed by atoms with Crippen molar-refractivity contribution in [1.82, 2.24) is 0 Å². The molecule has 2 aromatic carbocycles. The van der Waals surface area contributed by atoms with Crippen LogP contribution >= 0.6 is 0 Å². The summed E-state index contributed by atoms with van der Waals surface area (Å²) in [5, 5.41) is 9.23. The Morgan fingerprint density at radius 2 is 1.65 bits per heavy atom. The topological polar surface area (TPSA) is 47.9 Å². The van der Waals surface area contributed by atoms with Gasteiger partial charge in [0.25, 0.3) is 0 Å². The minimum absolute atomic E-state index is 0.0124. The maximum atomic E-state index is 9.23. The van der Waals surface area contributed by atoms with Crippen LogP contribution in [0.1, 0.15) is 88.7 Å². The highest BCUT2D eigenvalue weighted by molar-refractivity contribution is 5.71. The van der Waals surface area contributed by atoms with Crippen LogP contribution in [0.3, 0.4) is 0 Å². The Morgan fingerprint density at radius 1 is 0.919 bits per heavy atom. The van der Waals surface area contributed by atoms with Crippen LogP contribution in [0, 0.1) is 5.92 Å². The zero-order chi connectivity index (χ0) is 26.5. The van der Waals surface area contributed by atoms with E-state index in [1.165, 1.54) is 68.1 Å². The first-order chi connectivity index (χ1) is 18.1. The van der Waals surface area contributed by atoms with Crippen molar-refractivity contribution in [1.29, 1.82) is 0 Å². The van der Waals surface area contributed by atoms with Crippen molar-refractivity contribution in [3.05, 3.63) is 59.7 Å². The maximum Gasteiger partial charge on any atom is 0.123 e. The molecule has 4 heteroatoms. The van der Waals surface area contributed by atoms with Crippen LogP contribution in [-0.2, 0) is 11.2 Å². The largest absolute Gasteiger partial charge is 0.493 e. The lowest BCUT2D eigenvalue weighted by molar-refractivity contribution is 0.146. The second-order valence-electron chi connectivity index (χ2n) is 10.5. The molecule has 0 heterocycles. The molecule has 1 aliphatic carbocycles. The Kier molecular flexibility index (Phi) is 12.5. The smallest absolute Gasteiger partial charge is 0.123 e. The third-order valence-corrected chi connectivity index (χ3v) is 7.74. The molecule has 0 bridgehead atoms. The quantitative estimate of drug-likeness (QED) is 0.184. The van der Waals surface area contributed by atoms with Crippen molar-refractivity contribution in [2.75, 3.05) is 33.5 Å². The number of ether oxygens (including phenoxy) is 3. The number of methoxy groups -OCH3 is 1. The predicted octanol–water partition coefficient (Wildman–Crippen LogP) is 8.11. The summed E-state index contributed by atoms with van der Waals surface area (Å²) in [5.41, 5.74) is 5.98. The summed E-state index contributed by atoms with van der Waals surface area (Å²) in [6, 6.07) is 13.2. The molecule has 0 saturated heterocycles. The van der Waals surface area contributed by atoms with E-state index in [0.717, 1.165) is 35.0 Å². The third-order valence-electron chi connectivity index (χ3n) is 7.74. The van der Waals surface area contributed by atoms with Gasteiger partial charge < -0.3 is 19.3 Å². The lowest BCUT2D eigenvalue weighted by Crippen LogP contribution is -2.13. The molecule has 4 nitrogen and oxygen atoms in total. The SMILES string of the molecule is C=C(CO)CCOc1cc(OCCOC)cc(-c2ccc(C3CCC(CCCCC)CC3)cc2CC)c1. The van der Waals surface area contributed by atoms with Gasteiger partial charge in [0.05, 0.1) is 19.8 Å². The standard InChI is InChI=1S/C33H48O4/c1-5-7-8-9-26-10-12-28(13-11-26)29-14-15-33(27(6-2)20-29)30-21-31(36-17-16-25(3)24-34)23-32(22-30)37-19-18-35-4/h14-15,20-23,26,28,34H,3,5-13,16-19,24H2,1-2,4H3. The van der Waals surface area contributed by atoms with Gasteiger partial charge in [-0.3, -0.25) is 0 Å². The molecular weight excluding hydrogens is 460 g/mol. The molecular formula is C33H48O4.